The van der Waals surface area contributed by atoms with Gasteiger partial charge in [0.1, 0.15) is 0 Å². The number of hydrogen-bond donors (Lipinski definition) is 1. The first kappa shape index (κ1) is 24.8. The molecule has 0 aliphatic carbocycles. The van der Waals surface area contributed by atoms with Crippen LogP contribution in [-0.4, -0.2) is 70.2 Å². The Kier molecular flexibility index (Phi) is 9.32. The largest absolute Gasteiger partial charge is 0.493 e. The summed E-state index contributed by atoms with van der Waals surface area (Å²) in [7, 11) is 0.166. The third kappa shape index (κ3) is 5.88. The molecule has 0 radical (unpaired) electrons. The van der Waals surface area contributed by atoms with Crippen LogP contribution >= 0.6 is 24.0 Å². The van der Waals surface area contributed by atoms with E-state index in [1.54, 1.807) is 28.1 Å². The van der Waals surface area contributed by atoms with Crippen LogP contribution in [-0.2, 0) is 16.3 Å². The molecule has 7 nitrogen and oxygen atoms in total. The molecule has 0 bridgehead atoms. The number of rotatable bonds is 6. The molecule has 1 heterocycles. The summed E-state index contributed by atoms with van der Waals surface area (Å²) < 4.78 is 34.3. The van der Waals surface area contributed by atoms with Gasteiger partial charge in [-0.1, -0.05) is 6.07 Å². The fourth-order valence-electron chi connectivity index (χ4n) is 3.08. The zero-order valence-corrected chi connectivity index (χ0v) is 20.5. The Morgan fingerprint density at radius 2 is 1.93 bits per heavy atom. The summed E-state index contributed by atoms with van der Waals surface area (Å²) in [5, 5.41) is 3.28. The van der Waals surface area contributed by atoms with Crippen molar-refractivity contribution >= 4 is 39.8 Å². The minimum absolute atomic E-state index is 0. The lowest BCUT2D eigenvalue weighted by molar-refractivity contribution is 0.353. The summed E-state index contributed by atoms with van der Waals surface area (Å²) in [6.45, 7) is 7.81. The minimum Gasteiger partial charge on any atom is -0.493 e. The van der Waals surface area contributed by atoms with E-state index in [4.69, 9.17) is 14.5 Å². The van der Waals surface area contributed by atoms with E-state index in [1.807, 2.05) is 30.0 Å². The Bertz CT molecular complexity index is 781. The first-order valence-electron chi connectivity index (χ1n) is 9.20. The van der Waals surface area contributed by atoms with Crippen molar-refractivity contribution in [3.8, 4) is 11.5 Å². The molecule has 28 heavy (non-hydrogen) atoms. The predicted molar refractivity (Wildman–Crippen MR) is 124 cm³/mol. The van der Waals surface area contributed by atoms with E-state index in [0.29, 0.717) is 31.1 Å². The maximum absolute atomic E-state index is 12.2. The molecule has 2 rings (SSSR count). The summed E-state index contributed by atoms with van der Waals surface area (Å²) in [6, 6.07) is 5.85. The Hall–Kier alpha value is -1.23. The molecule has 1 fully saturated rings. The topological polar surface area (TPSA) is 80.2 Å². The van der Waals surface area contributed by atoms with Crippen LogP contribution in [0.1, 0.15) is 26.3 Å². The molecule has 0 spiro atoms. The normalized spacial score (nSPS) is 18.2. The van der Waals surface area contributed by atoms with Crippen molar-refractivity contribution in [2.75, 3.05) is 46.2 Å². The van der Waals surface area contributed by atoms with E-state index >= 15 is 0 Å². The van der Waals surface area contributed by atoms with Gasteiger partial charge in [0, 0.05) is 26.2 Å². The highest BCUT2D eigenvalue weighted by Crippen LogP contribution is 2.28. The summed E-state index contributed by atoms with van der Waals surface area (Å²) >= 11 is 0. The number of nitrogens with zero attached hydrogens (tertiary/aromatic N) is 2. The van der Waals surface area contributed by atoms with Gasteiger partial charge in [-0.05, 0) is 44.9 Å². The SMILES string of the molecule is CCNC(=NCCc1ccc(OC)c(OC)c1)N1CCS(=O)(=O)C(C)(C)C1.I. The standard InChI is InChI=1S/C19H31N3O4S.HI/c1-6-20-18(22-11-12-27(23,24)19(2,3)14-22)21-10-9-15-7-8-16(25-4)17(13-15)26-5;/h7-8,13H,6,9-12,14H2,1-5H3,(H,20,21);1H. The van der Waals surface area contributed by atoms with Gasteiger partial charge in [0.05, 0.1) is 24.7 Å². The zero-order valence-electron chi connectivity index (χ0n) is 17.3. The van der Waals surface area contributed by atoms with Crippen LogP contribution in [0.25, 0.3) is 0 Å². The number of halogens is 1. The van der Waals surface area contributed by atoms with Crippen LogP contribution in [0.15, 0.2) is 23.2 Å². The number of nitrogens with one attached hydrogen (secondary N) is 1. The van der Waals surface area contributed by atoms with E-state index in [1.165, 1.54) is 0 Å². The number of ether oxygens (including phenoxy) is 2. The van der Waals surface area contributed by atoms with E-state index in [0.717, 1.165) is 24.5 Å². The van der Waals surface area contributed by atoms with Gasteiger partial charge in [-0.25, -0.2) is 8.42 Å². The van der Waals surface area contributed by atoms with Crippen molar-refractivity contribution in [1.82, 2.24) is 10.2 Å². The summed E-state index contributed by atoms with van der Waals surface area (Å²) in [5.41, 5.74) is 1.11. The van der Waals surface area contributed by atoms with Crippen molar-refractivity contribution in [1.29, 1.82) is 0 Å². The van der Waals surface area contributed by atoms with Crippen LogP contribution in [0, 0.1) is 0 Å². The molecule has 0 aromatic heterocycles. The lowest BCUT2D eigenvalue weighted by Crippen LogP contribution is -2.57. The molecular formula is C19H32IN3O4S. The number of methoxy groups -OCH3 is 2. The lowest BCUT2D eigenvalue weighted by atomic mass is 10.1. The van der Waals surface area contributed by atoms with Crippen molar-refractivity contribution in [3.05, 3.63) is 23.8 Å². The minimum atomic E-state index is -3.07. The third-order valence-corrected chi connectivity index (χ3v) is 7.32. The van der Waals surface area contributed by atoms with Gasteiger partial charge in [0.25, 0.3) is 0 Å². The first-order valence-corrected chi connectivity index (χ1v) is 10.9. The molecule has 160 valence electrons. The number of guanidine groups is 1. The molecule has 0 saturated carbocycles. The van der Waals surface area contributed by atoms with Crippen LogP contribution < -0.4 is 14.8 Å². The summed E-state index contributed by atoms with van der Waals surface area (Å²) in [5.74, 6) is 2.32. The van der Waals surface area contributed by atoms with Crippen molar-refractivity contribution < 1.29 is 17.9 Å². The number of hydrogen-bond acceptors (Lipinski definition) is 5. The molecule has 1 N–H and O–H groups in total. The molecule has 0 amide bonds. The molecular weight excluding hydrogens is 493 g/mol. The second-order valence-electron chi connectivity index (χ2n) is 7.18. The number of benzene rings is 1. The Morgan fingerprint density at radius 3 is 2.50 bits per heavy atom. The van der Waals surface area contributed by atoms with Gasteiger partial charge >= 0.3 is 0 Å². The van der Waals surface area contributed by atoms with Crippen molar-refractivity contribution in [3.63, 3.8) is 0 Å². The first-order chi connectivity index (χ1) is 12.7. The van der Waals surface area contributed by atoms with Gasteiger partial charge in [-0.3, -0.25) is 4.99 Å². The average Bonchev–Trinajstić information content (AvgIpc) is 2.63. The maximum atomic E-state index is 12.2. The molecule has 1 aliphatic heterocycles. The van der Waals surface area contributed by atoms with Crippen LogP contribution in [0.5, 0.6) is 11.5 Å². The molecule has 0 atom stereocenters. The highest BCUT2D eigenvalue weighted by atomic mass is 127. The quantitative estimate of drug-likeness (QED) is 0.349. The summed E-state index contributed by atoms with van der Waals surface area (Å²) in [4.78, 5) is 6.75. The van der Waals surface area contributed by atoms with Crippen molar-refractivity contribution in [2.24, 2.45) is 4.99 Å². The smallest absolute Gasteiger partial charge is 0.194 e. The summed E-state index contributed by atoms with van der Waals surface area (Å²) in [6.07, 6.45) is 0.755. The van der Waals surface area contributed by atoms with E-state index in [9.17, 15) is 8.42 Å². The number of sulfone groups is 1. The monoisotopic (exact) mass is 525 g/mol. The fourth-order valence-corrected chi connectivity index (χ4v) is 4.44. The van der Waals surface area contributed by atoms with E-state index in [2.05, 4.69) is 5.32 Å². The molecule has 0 unspecified atom stereocenters. The molecule has 1 saturated heterocycles. The van der Waals surface area contributed by atoms with Gasteiger partial charge in [0.2, 0.25) is 0 Å². The zero-order chi connectivity index (χ0) is 20.1. The highest BCUT2D eigenvalue weighted by Gasteiger charge is 2.40. The van der Waals surface area contributed by atoms with Gasteiger partial charge < -0.3 is 19.7 Å². The van der Waals surface area contributed by atoms with E-state index in [-0.39, 0.29) is 29.7 Å². The highest BCUT2D eigenvalue weighted by molar-refractivity contribution is 14.0. The van der Waals surface area contributed by atoms with E-state index < -0.39 is 14.6 Å². The Morgan fingerprint density at radius 1 is 1.25 bits per heavy atom. The van der Waals surface area contributed by atoms with Crippen molar-refractivity contribution in [2.45, 2.75) is 31.9 Å². The molecule has 9 heteroatoms. The predicted octanol–water partition coefficient (Wildman–Crippen LogP) is 2.34. The number of aliphatic imine (C=N–C) groups is 1. The van der Waals surface area contributed by atoms with Crippen LogP contribution in [0.2, 0.25) is 0 Å². The van der Waals surface area contributed by atoms with Crippen LogP contribution in [0.4, 0.5) is 0 Å². The molecule has 1 aromatic carbocycles. The van der Waals surface area contributed by atoms with Gasteiger partial charge in [-0.2, -0.15) is 0 Å². The molecule has 1 aromatic rings. The Balaban J connectivity index is 0.00000392. The fraction of sp³-hybridized carbons (Fsp3) is 0.632. The lowest BCUT2D eigenvalue weighted by Gasteiger charge is -2.39. The van der Waals surface area contributed by atoms with Crippen LogP contribution in [0.3, 0.4) is 0 Å². The average molecular weight is 525 g/mol. The Labute approximate surface area is 185 Å². The second kappa shape index (κ2) is 10.5. The van der Waals surface area contributed by atoms with Gasteiger partial charge in [0.15, 0.2) is 27.3 Å². The second-order valence-corrected chi connectivity index (χ2v) is 9.92. The third-order valence-electron chi connectivity index (χ3n) is 4.79. The molecule has 1 aliphatic rings. The van der Waals surface area contributed by atoms with Gasteiger partial charge in [-0.15, -0.1) is 24.0 Å². The maximum Gasteiger partial charge on any atom is 0.194 e.